The van der Waals surface area contributed by atoms with Crippen molar-refractivity contribution in [3.63, 3.8) is 0 Å². The third-order valence-electron chi connectivity index (χ3n) is 4.25. The molecule has 4 rings (SSSR count). The van der Waals surface area contributed by atoms with Crippen LogP contribution in [0.3, 0.4) is 0 Å². The summed E-state index contributed by atoms with van der Waals surface area (Å²) in [6.07, 6.45) is 5.56. The molecule has 1 N–H and O–H groups in total. The van der Waals surface area contributed by atoms with Gasteiger partial charge in [0.25, 0.3) is 5.91 Å². The SMILES string of the molecule is O=C(Nc1ccc(-c2cn3c(n2)CCCC3)cc1)c1cc(Cl)sc1Cl. The molecular formula is C18H15Cl2N3OS. The fraction of sp³-hybridized carbons (Fsp3) is 0.222. The van der Waals surface area contributed by atoms with Gasteiger partial charge in [-0.3, -0.25) is 4.79 Å². The first-order valence-corrected chi connectivity index (χ1v) is 9.60. The highest BCUT2D eigenvalue weighted by molar-refractivity contribution is 7.20. The number of imidazole rings is 1. The second kappa shape index (κ2) is 6.83. The van der Waals surface area contributed by atoms with Crippen molar-refractivity contribution in [2.75, 3.05) is 5.32 Å². The molecule has 0 spiro atoms. The first kappa shape index (κ1) is 16.6. The van der Waals surface area contributed by atoms with E-state index in [2.05, 4.69) is 16.1 Å². The lowest BCUT2D eigenvalue weighted by molar-refractivity contribution is 0.102. The summed E-state index contributed by atoms with van der Waals surface area (Å²) in [6.45, 7) is 1.04. The number of nitrogens with one attached hydrogen (secondary N) is 1. The first-order chi connectivity index (χ1) is 12.1. The molecule has 0 unspecified atom stereocenters. The molecule has 7 heteroatoms. The van der Waals surface area contributed by atoms with Crippen LogP contribution in [0.15, 0.2) is 36.5 Å². The van der Waals surface area contributed by atoms with Crippen molar-refractivity contribution in [1.29, 1.82) is 0 Å². The van der Waals surface area contributed by atoms with E-state index >= 15 is 0 Å². The molecule has 1 aliphatic rings. The third kappa shape index (κ3) is 3.45. The predicted octanol–water partition coefficient (Wildman–Crippen LogP) is 5.51. The van der Waals surface area contributed by atoms with Crippen LogP contribution in [0.5, 0.6) is 0 Å². The van der Waals surface area contributed by atoms with E-state index in [4.69, 9.17) is 28.2 Å². The van der Waals surface area contributed by atoms with Gasteiger partial charge in [-0.15, -0.1) is 11.3 Å². The van der Waals surface area contributed by atoms with Crippen LogP contribution in [0.2, 0.25) is 8.67 Å². The van der Waals surface area contributed by atoms with E-state index in [1.165, 1.54) is 24.2 Å². The summed E-state index contributed by atoms with van der Waals surface area (Å²) in [5.41, 5.74) is 3.11. The standard InChI is InChI=1S/C18H15Cl2N3OS/c19-15-9-13(17(20)25-15)18(24)21-12-6-4-11(5-7-12)14-10-23-8-2-1-3-16(23)22-14/h4-7,9-10H,1-3,8H2,(H,21,24). The maximum absolute atomic E-state index is 12.3. The monoisotopic (exact) mass is 391 g/mol. The molecule has 0 bridgehead atoms. The lowest BCUT2D eigenvalue weighted by Gasteiger charge is -2.11. The van der Waals surface area contributed by atoms with Crippen molar-refractivity contribution in [1.82, 2.24) is 9.55 Å². The second-order valence-electron chi connectivity index (χ2n) is 5.96. The Bertz CT molecular complexity index is 907. The van der Waals surface area contributed by atoms with E-state index in [0.717, 1.165) is 30.0 Å². The highest BCUT2D eigenvalue weighted by Gasteiger charge is 2.15. The molecule has 3 aromatic rings. The number of carbonyl (C=O) groups excluding carboxylic acids is 1. The Morgan fingerprint density at radius 2 is 2.00 bits per heavy atom. The minimum atomic E-state index is -0.265. The van der Waals surface area contributed by atoms with E-state index in [1.807, 2.05) is 24.3 Å². The Morgan fingerprint density at radius 1 is 1.20 bits per heavy atom. The van der Waals surface area contributed by atoms with E-state index in [-0.39, 0.29) is 5.91 Å². The average molecular weight is 392 g/mol. The van der Waals surface area contributed by atoms with E-state index in [0.29, 0.717) is 19.9 Å². The molecule has 0 atom stereocenters. The number of carbonyl (C=O) groups is 1. The molecule has 4 nitrogen and oxygen atoms in total. The van der Waals surface area contributed by atoms with Crippen molar-refractivity contribution in [3.8, 4) is 11.3 Å². The van der Waals surface area contributed by atoms with Crippen LogP contribution in [-0.2, 0) is 13.0 Å². The van der Waals surface area contributed by atoms with Gasteiger partial charge in [0.2, 0.25) is 0 Å². The maximum atomic E-state index is 12.3. The number of amides is 1. The minimum absolute atomic E-state index is 0.265. The van der Waals surface area contributed by atoms with Crippen LogP contribution < -0.4 is 5.32 Å². The zero-order valence-corrected chi connectivity index (χ0v) is 15.6. The van der Waals surface area contributed by atoms with Gasteiger partial charge in [0.05, 0.1) is 15.6 Å². The molecule has 0 saturated carbocycles. The molecule has 1 aromatic carbocycles. The number of hydrogen-bond donors (Lipinski definition) is 1. The Hall–Kier alpha value is -1.82. The van der Waals surface area contributed by atoms with Crippen molar-refractivity contribution in [3.05, 3.63) is 56.6 Å². The minimum Gasteiger partial charge on any atom is -0.334 e. The molecule has 1 aliphatic heterocycles. The quantitative estimate of drug-likeness (QED) is 0.639. The molecule has 0 saturated heterocycles. The molecule has 25 heavy (non-hydrogen) atoms. The van der Waals surface area contributed by atoms with Crippen LogP contribution >= 0.6 is 34.5 Å². The average Bonchev–Trinajstić information content (AvgIpc) is 3.18. The molecule has 128 valence electrons. The molecule has 0 fully saturated rings. The fourth-order valence-electron chi connectivity index (χ4n) is 2.97. The molecular weight excluding hydrogens is 377 g/mol. The third-order valence-corrected chi connectivity index (χ3v) is 5.74. The molecule has 0 radical (unpaired) electrons. The van der Waals surface area contributed by atoms with Gasteiger partial charge in [-0.2, -0.15) is 0 Å². The molecule has 1 amide bonds. The lowest BCUT2D eigenvalue weighted by atomic mass is 10.1. The number of anilines is 1. The van der Waals surface area contributed by atoms with Crippen LogP contribution in [0.25, 0.3) is 11.3 Å². The number of thiophene rings is 1. The first-order valence-electron chi connectivity index (χ1n) is 8.03. The summed E-state index contributed by atoms with van der Waals surface area (Å²) < 4.78 is 3.12. The van der Waals surface area contributed by atoms with Gasteiger partial charge in [-0.1, -0.05) is 35.3 Å². The summed E-state index contributed by atoms with van der Waals surface area (Å²) in [7, 11) is 0. The fourth-order valence-corrected chi connectivity index (χ4v) is 4.43. The zero-order valence-electron chi connectivity index (χ0n) is 13.3. The predicted molar refractivity (Wildman–Crippen MR) is 103 cm³/mol. The largest absolute Gasteiger partial charge is 0.334 e. The van der Waals surface area contributed by atoms with Crippen LogP contribution in [-0.4, -0.2) is 15.5 Å². The number of aryl methyl sites for hydroxylation is 2. The number of fused-ring (bicyclic) bond motifs is 1. The number of nitrogens with zero attached hydrogens (tertiary/aromatic N) is 2. The summed E-state index contributed by atoms with van der Waals surface area (Å²) >= 11 is 13.1. The summed E-state index contributed by atoms with van der Waals surface area (Å²) in [5.74, 6) is 0.890. The Balaban J connectivity index is 1.51. The Labute approximate surface area is 159 Å². The van der Waals surface area contributed by atoms with Crippen molar-refractivity contribution >= 4 is 46.1 Å². The van der Waals surface area contributed by atoms with Gasteiger partial charge in [-0.25, -0.2) is 4.98 Å². The van der Waals surface area contributed by atoms with E-state index < -0.39 is 0 Å². The van der Waals surface area contributed by atoms with E-state index in [1.54, 1.807) is 6.07 Å². The van der Waals surface area contributed by atoms with E-state index in [9.17, 15) is 4.79 Å². The van der Waals surface area contributed by atoms with Gasteiger partial charge in [0.1, 0.15) is 10.2 Å². The highest BCUT2D eigenvalue weighted by atomic mass is 35.5. The van der Waals surface area contributed by atoms with Gasteiger partial charge in [0.15, 0.2) is 0 Å². The summed E-state index contributed by atoms with van der Waals surface area (Å²) in [6, 6.07) is 9.24. The Morgan fingerprint density at radius 3 is 2.68 bits per heavy atom. The second-order valence-corrected chi connectivity index (χ2v) is 8.25. The number of benzene rings is 1. The van der Waals surface area contributed by atoms with Gasteiger partial charge in [0, 0.05) is 30.4 Å². The lowest BCUT2D eigenvalue weighted by Crippen LogP contribution is -2.11. The highest BCUT2D eigenvalue weighted by Crippen LogP contribution is 2.32. The zero-order chi connectivity index (χ0) is 17.4. The van der Waals surface area contributed by atoms with Crippen molar-refractivity contribution in [2.24, 2.45) is 0 Å². The molecule has 3 heterocycles. The summed E-state index contributed by atoms with van der Waals surface area (Å²) in [4.78, 5) is 17.0. The van der Waals surface area contributed by atoms with Crippen molar-refractivity contribution < 1.29 is 4.79 Å². The van der Waals surface area contributed by atoms with Crippen molar-refractivity contribution in [2.45, 2.75) is 25.8 Å². The van der Waals surface area contributed by atoms with Gasteiger partial charge < -0.3 is 9.88 Å². The normalized spacial score (nSPS) is 13.5. The number of hydrogen-bond acceptors (Lipinski definition) is 3. The smallest absolute Gasteiger partial charge is 0.258 e. The molecule has 0 aliphatic carbocycles. The number of aromatic nitrogens is 2. The number of halogens is 2. The number of rotatable bonds is 3. The summed E-state index contributed by atoms with van der Waals surface area (Å²) in [5, 5.41) is 2.84. The maximum Gasteiger partial charge on any atom is 0.258 e. The topological polar surface area (TPSA) is 46.9 Å². The Kier molecular flexibility index (Phi) is 4.54. The van der Waals surface area contributed by atoms with Gasteiger partial charge >= 0.3 is 0 Å². The van der Waals surface area contributed by atoms with Gasteiger partial charge in [-0.05, 0) is 31.0 Å². The van der Waals surface area contributed by atoms with Crippen LogP contribution in [0, 0.1) is 0 Å². The van der Waals surface area contributed by atoms with Crippen LogP contribution in [0.1, 0.15) is 29.0 Å². The van der Waals surface area contributed by atoms with Crippen LogP contribution in [0.4, 0.5) is 5.69 Å². The molecule has 2 aromatic heterocycles.